The van der Waals surface area contributed by atoms with Gasteiger partial charge in [-0.2, -0.15) is 0 Å². The smallest absolute Gasteiger partial charge is 0.269 e. The summed E-state index contributed by atoms with van der Waals surface area (Å²) in [6.45, 7) is 1.57. The first-order valence-electron chi connectivity index (χ1n) is 6.38. The molecule has 19 heavy (non-hydrogen) atoms. The number of carbonyl (C=O) groups excluding carboxylic acids is 1. The van der Waals surface area contributed by atoms with Gasteiger partial charge in [-0.1, -0.05) is 12.1 Å². The highest BCUT2D eigenvalue weighted by atomic mass is 16.6. The summed E-state index contributed by atoms with van der Waals surface area (Å²) in [7, 11) is 0. The average molecular weight is 263 g/mol. The molecule has 1 atom stereocenters. The van der Waals surface area contributed by atoms with Crippen LogP contribution in [0, 0.1) is 10.1 Å². The zero-order valence-electron chi connectivity index (χ0n) is 10.6. The quantitative estimate of drug-likeness (QED) is 0.455. The molecule has 1 amide bonds. The van der Waals surface area contributed by atoms with E-state index in [0.717, 1.165) is 31.5 Å². The molecule has 6 heteroatoms. The van der Waals surface area contributed by atoms with Crippen LogP contribution in [-0.4, -0.2) is 30.0 Å². The summed E-state index contributed by atoms with van der Waals surface area (Å²) in [5.74, 6) is 0.127. The Morgan fingerprint density at radius 1 is 1.37 bits per heavy atom. The van der Waals surface area contributed by atoms with Gasteiger partial charge in [0.2, 0.25) is 5.91 Å². The first kappa shape index (κ1) is 13.5. The van der Waals surface area contributed by atoms with E-state index in [9.17, 15) is 14.9 Å². The third kappa shape index (κ3) is 4.03. The summed E-state index contributed by atoms with van der Waals surface area (Å²) in [6, 6.07) is 6.83. The zero-order valence-corrected chi connectivity index (χ0v) is 10.6. The molecule has 0 aliphatic carbocycles. The van der Waals surface area contributed by atoms with Crippen LogP contribution in [0.15, 0.2) is 24.3 Å². The SMILES string of the molecule is O=C1CCC(CNCCc2ccc([N+](=O)[O-])cc2)N1. The first-order chi connectivity index (χ1) is 9.15. The minimum absolute atomic E-state index is 0.116. The van der Waals surface area contributed by atoms with E-state index in [2.05, 4.69) is 10.6 Å². The minimum Gasteiger partial charge on any atom is -0.352 e. The van der Waals surface area contributed by atoms with E-state index in [1.807, 2.05) is 0 Å². The highest BCUT2D eigenvalue weighted by molar-refractivity contribution is 5.78. The second-order valence-corrected chi connectivity index (χ2v) is 4.68. The lowest BCUT2D eigenvalue weighted by Crippen LogP contribution is -2.36. The van der Waals surface area contributed by atoms with Gasteiger partial charge in [0.15, 0.2) is 0 Å². The summed E-state index contributed by atoms with van der Waals surface area (Å²) < 4.78 is 0. The van der Waals surface area contributed by atoms with Gasteiger partial charge in [-0.3, -0.25) is 14.9 Å². The van der Waals surface area contributed by atoms with Crippen LogP contribution in [0.25, 0.3) is 0 Å². The maximum Gasteiger partial charge on any atom is 0.269 e. The van der Waals surface area contributed by atoms with Crippen molar-refractivity contribution < 1.29 is 9.72 Å². The summed E-state index contributed by atoms with van der Waals surface area (Å²) in [6.07, 6.45) is 2.33. The number of nitrogens with one attached hydrogen (secondary N) is 2. The molecule has 6 nitrogen and oxygen atoms in total. The Morgan fingerprint density at radius 3 is 2.68 bits per heavy atom. The predicted octanol–water partition coefficient (Wildman–Crippen LogP) is 1.01. The topological polar surface area (TPSA) is 84.3 Å². The van der Waals surface area contributed by atoms with Crippen molar-refractivity contribution in [1.82, 2.24) is 10.6 Å². The van der Waals surface area contributed by atoms with Crippen molar-refractivity contribution in [3.8, 4) is 0 Å². The molecule has 1 unspecified atom stereocenters. The highest BCUT2D eigenvalue weighted by Gasteiger charge is 2.19. The van der Waals surface area contributed by atoms with E-state index in [0.29, 0.717) is 6.42 Å². The van der Waals surface area contributed by atoms with Crippen LogP contribution in [0.4, 0.5) is 5.69 Å². The number of hydrogen-bond donors (Lipinski definition) is 2. The van der Waals surface area contributed by atoms with E-state index >= 15 is 0 Å². The molecule has 0 bridgehead atoms. The molecule has 2 N–H and O–H groups in total. The number of nitro benzene ring substituents is 1. The van der Waals surface area contributed by atoms with Gasteiger partial charge in [0.25, 0.3) is 5.69 Å². The van der Waals surface area contributed by atoms with Crippen LogP contribution >= 0.6 is 0 Å². The molecule has 1 aliphatic rings. The molecular weight excluding hydrogens is 246 g/mol. The zero-order chi connectivity index (χ0) is 13.7. The third-order valence-corrected chi connectivity index (χ3v) is 3.21. The number of benzene rings is 1. The lowest BCUT2D eigenvalue weighted by molar-refractivity contribution is -0.384. The number of carbonyl (C=O) groups is 1. The molecule has 1 aliphatic heterocycles. The van der Waals surface area contributed by atoms with Gasteiger partial charge in [-0.25, -0.2) is 0 Å². The molecule has 0 spiro atoms. The Balaban J connectivity index is 1.68. The summed E-state index contributed by atoms with van der Waals surface area (Å²) in [5, 5.41) is 16.7. The molecule has 102 valence electrons. The summed E-state index contributed by atoms with van der Waals surface area (Å²) >= 11 is 0. The van der Waals surface area contributed by atoms with E-state index in [4.69, 9.17) is 0 Å². The molecule has 1 fully saturated rings. The van der Waals surface area contributed by atoms with Crippen LogP contribution in [0.5, 0.6) is 0 Å². The molecule has 0 aromatic heterocycles. The highest BCUT2D eigenvalue weighted by Crippen LogP contribution is 2.12. The first-order valence-corrected chi connectivity index (χ1v) is 6.38. The van der Waals surface area contributed by atoms with E-state index < -0.39 is 4.92 Å². The van der Waals surface area contributed by atoms with Gasteiger partial charge in [-0.05, 0) is 24.9 Å². The number of hydrogen-bond acceptors (Lipinski definition) is 4. The second-order valence-electron chi connectivity index (χ2n) is 4.68. The van der Waals surface area contributed by atoms with Crippen LogP contribution < -0.4 is 10.6 Å². The van der Waals surface area contributed by atoms with Gasteiger partial charge >= 0.3 is 0 Å². The Bertz CT molecular complexity index is 459. The molecule has 1 aromatic rings. The van der Waals surface area contributed by atoms with Gasteiger partial charge < -0.3 is 10.6 Å². The lowest BCUT2D eigenvalue weighted by Gasteiger charge is -2.11. The second kappa shape index (κ2) is 6.29. The van der Waals surface area contributed by atoms with Crippen molar-refractivity contribution >= 4 is 11.6 Å². The molecule has 1 saturated heterocycles. The Morgan fingerprint density at radius 2 is 2.11 bits per heavy atom. The summed E-state index contributed by atoms with van der Waals surface area (Å²) in [5.41, 5.74) is 1.18. The van der Waals surface area contributed by atoms with Crippen LogP contribution in [0.2, 0.25) is 0 Å². The Labute approximate surface area is 111 Å². The molecule has 2 rings (SSSR count). The summed E-state index contributed by atoms with van der Waals surface area (Å²) in [4.78, 5) is 21.1. The van der Waals surface area contributed by atoms with Crippen molar-refractivity contribution in [2.45, 2.75) is 25.3 Å². The minimum atomic E-state index is -0.398. The maximum atomic E-state index is 11.0. The Hall–Kier alpha value is -1.95. The van der Waals surface area contributed by atoms with Gasteiger partial charge in [0.1, 0.15) is 0 Å². The fourth-order valence-electron chi connectivity index (χ4n) is 2.12. The van der Waals surface area contributed by atoms with Crippen molar-refractivity contribution in [2.24, 2.45) is 0 Å². The normalized spacial score (nSPS) is 18.3. The van der Waals surface area contributed by atoms with Crippen molar-refractivity contribution in [1.29, 1.82) is 0 Å². The van der Waals surface area contributed by atoms with Crippen molar-refractivity contribution in [2.75, 3.05) is 13.1 Å². The standard InChI is InChI=1S/C13H17N3O3/c17-13-6-3-11(15-13)9-14-8-7-10-1-4-12(5-2-10)16(18)19/h1-2,4-5,11,14H,3,6-9H2,(H,15,17). The Kier molecular flexibility index (Phi) is 4.46. The molecule has 1 aromatic carbocycles. The number of nitro groups is 1. The fraction of sp³-hybridized carbons (Fsp3) is 0.462. The number of rotatable bonds is 6. The van der Waals surface area contributed by atoms with Gasteiger partial charge in [0, 0.05) is 31.1 Å². The molecule has 0 radical (unpaired) electrons. The number of non-ortho nitro benzene ring substituents is 1. The van der Waals surface area contributed by atoms with Crippen LogP contribution in [0.1, 0.15) is 18.4 Å². The fourth-order valence-corrected chi connectivity index (χ4v) is 2.12. The number of nitrogens with zero attached hydrogens (tertiary/aromatic N) is 1. The predicted molar refractivity (Wildman–Crippen MR) is 70.8 cm³/mol. The molecule has 1 heterocycles. The van der Waals surface area contributed by atoms with E-state index in [1.165, 1.54) is 12.1 Å². The third-order valence-electron chi connectivity index (χ3n) is 3.21. The monoisotopic (exact) mass is 263 g/mol. The molecular formula is C13H17N3O3. The van der Waals surface area contributed by atoms with E-state index in [1.54, 1.807) is 12.1 Å². The van der Waals surface area contributed by atoms with Crippen molar-refractivity contribution in [3.63, 3.8) is 0 Å². The van der Waals surface area contributed by atoms with Gasteiger partial charge in [0.05, 0.1) is 4.92 Å². The maximum absolute atomic E-state index is 11.0. The lowest BCUT2D eigenvalue weighted by atomic mass is 10.1. The van der Waals surface area contributed by atoms with E-state index in [-0.39, 0.29) is 17.6 Å². The number of amides is 1. The van der Waals surface area contributed by atoms with Crippen LogP contribution in [-0.2, 0) is 11.2 Å². The van der Waals surface area contributed by atoms with Crippen LogP contribution in [0.3, 0.4) is 0 Å². The van der Waals surface area contributed by atoms with Crippen molar-refractivity contribution in [3.05, 3.63) is 39.9 Å². The van der Waals surface area contributed by atoms with Gasteiger partial charge in [-0.15, -0.1) is 0 Å². The molecule has 0 saturated carbocycles. The average Bonchev–Trinajstić information content (AvgIpc) is 2.81. The largest absolute Gasteiger partial charge is 0.352 e.